The summed E-state index contributed by atoms with van der Waals surface area (Å²) in [7, 11) is 0. The quantitative estimate of drug-likeness (QED) is 0.167. The Hall–Kier alpha value is -8.75. The van der Waals surface area contributed by atoms with E-state index in [0.29, 0.717) is 0 Å². The second-order valence-corrected chi connectivity index (χ2v) is 20.1. The molecular formula is C63H37N5S2. The van der Waals surface area contributed by atoms with Crippen LogP contribution in [0.3, 0.4) is 0 Å². The summed E-state index contributed by atoms with van der Waals surface area (Å²) < 4.78 is 9.76. The van der Waals surface area contributed by atoms with E-state index in [1.54, 1.807) is 0 Å². The molecule has 0 amide bonds. The first-order chi connectivity index (χ1) is 34.7. The Bertz CT molecular complexity index is 4610. The van der Waals surface area contributed by atoms with E-state index in [-0.39, 0.29) is 0 Å². The molecule has 0 atom stereocenters. The number of hydrogen-bond acceptors (Lipinski definition) is 5. The molecule has 0 aliphatic carbocycles. The Morgan fingerprint density at radius 1 is 0.314 bits per heavy atom. The van der Waals surface area contributed by atoms with Crippen LogP contribution in [0.25, 0.3) is 140 Å². The third-order valence-electron chi connectivity index (χ3n) is 14.1. The largest absolute Gasteiger partial charge is 0.308 e. The lowest BCUT2D eigenvalue weighted by molar-refractivity contribution is 1.16. The summed E-state index contributed by atoms with van der Waals surface area (Å²) in [5.74, 6) is 0. The highest BCUT2D eigenvalue weighted by Gasteiger charge is 2.20. The Morgan fingerprint density at radius 3 is 1.60 bits per heavy atom. The lowest BCUT2D eigenvalue weighted by atomic mass is 10.0. The third-order valence-corrected chi connectivity index (χ3v) is 16.5. The molecule has 0 N–H and O–H groups in total. The molecule has 70 heavy (non-hydrogen) atoms. The van der Waals surface area contributed by atoms with Gasteiger partial charge in [0.1, 0.15) is 0 Å². The number of thiophene rings is 2. The fourth-order valence-electron chi connectivity index (χ4n) is 10.9. The standard InChI is InChI=1S/C63H37N5S2/c1-2-13-38(14-3-1)39-27-28-60-52(33-39)49-29-30-64-61(63(49)70-60)41-16-11-18-43(32-41)68-56-25-8-5-20-46(56)51-35-54(66-37-58(51)68)53-34-50-45-19-4-7-24-55(45)67(57(50)36-65-53)42-17-10-15-40(31-42)44-22-12-23-48-47-21-6-9-26-59(47)69-62(44)48/h1-37H. The van der Waals surface area contributed by atoms with Crippen LogP contribution in [-0.4, -0.2) is 24.1 Å². The molecule has 326 valence electrons. The first-order valence-corrected chi connectivity index (χ1v) is 25.1. The van der Waals surface area contributed by atoms with Crippen molar-refractivity contribution in [2.24, 2.45) is 0 Å². The maximum absolute atomic E-state index is 5.17. The summed E-state index contributed by atoms with van der Waals surface area (Å²) in [6.07, 6.45) is 6.00. The minimum atomic E-state index is 0.831. The predicted molar refractivity (Wildman–Crippen MR) is 296 cm³/mol. The summed E-state index contributed by atoms with van der Waals surface area (Å²) >= 11 is 3.68. The van der Waals surface area contributed by atoms with Crippen LogP contribution in [0, 0.1) is 0 Å². The molecular weight excluding hydrogens is 891 g/mol. The topological polar surface area (TPSA) is 48.5 Å². The monoisotopic (exact) mass is 927 g/mol. The Balaban J connectivity index is 0.825. The molecule has 7 aromatic heterocycles. The van der Waals surface area contributed by atoms with Gasteiger partial charge < -0.3 is 9.13 Å². The van der Waals surface area contributed by atoms with Crippen LogP contribution in [0.2, 0.25) is 0 Å². The molecule has 0 saturated carbocycles. The molecule has 7 heteroatoms. The Kier molecular flexibility index (Phi) is 8.63. The lowest BCUT2D eigenvalue weighted by Gasteiger charge is -2.11. The predicted octanol–water partition coefficient (Wildman–Crippen LogP) is 17.5. The third kappa shape index (κ3) is 5.99. The fraction of sp³-hybridized carbons (Fsp3) is 0. The van der Waals surface area contributed by atoms with Gasteiger partial charge in [-0.15, -0.1) is 22.7 Å². The van der Waals surface area contributed by atoms with Crippen molar-refractivity contribution in [3.63, 3.8) is 0 Å². The van der Waals surface area contributed by atoms with E-state index in [4.69, 9.17) is 15.0 Å². The normalized spacial score (nSPS) is 12.0. The highest BCUT2D eigenvalue weighted by atomic mass is 32.1. The van der Waals surface area contributed by atoms with Crippen LogP contribution in [0.5, 0.6) is 0 Å². The van der Waals surface area contributed by atoms with Gasteiger partial charge in [-0.1, -0.05) is 133 Å². The van der Waals surface area contributed by atoms with Gasteiger partial charge in [-0.05, 0) is 95.1 Å². The second kappa shape index (κ2) is 15.4. The molecule has 0 aliphatic rings. The smallest absolute Gasteiger partial charge is 0.0894 e. The molecule has 7 heterocycles. The lowest BCUT2D eigenvalue weighted by Crippen LogP contribution is -1.96. The number of fused-ring (bicyclic) bond motifs is 12. The van der Waals surface area contributed by atoms with Crippen LogP contribution in [-0.2, 0) is 0 Å². The first-order valence-electron chi connectivity index (χ1n) is 23.5. The van der Waals surface area contributed by atoms with Crippen LogP contribution in [0.4, 0.5) is 0 Å². The van der Waals surface area contributed by atoms with Crippen molar-refractivity contribution in [2.75, 3.05) is 0 Å². The zero-order valence-corrected chi connectivity index (χ0v) is 39.0. The molecule has 0 spiro atoms. The van der Waals surface area contributed by atoms with Crippen molar-refractivity contribution < 1.29 is 0 Å². The number of nitrogens with zero attached hydrogens (tertiary/aromatic N) is 5. The van der Waals surface area contributed by atoms with Crippen LogP contribution in [0.15, 0.2) is 225 Å². The van der Waals surface area contributed by atoms with Crippen molar-refractivity contribution in [3.8, 4) is 56.3 Å². The minimum Gasteiger partial charge on any atom is -0.308 e. The van der Waals surface area contributed by atoms with Gasteiger partial charge in [0.25, 0.3) is 0 Å². The molecule has 0 radical (unpaired) electrons. The molecule has 15 rings (SSSR count). The van der Waals surface area contributed by atoms with E-state index < -0.39 is 0 Å². The summed E-state index contributed by atoms with van der Waals surface area (Å²) in [6.45, 7) is 0. The molecule has 15 aromatic rings. The van der Waals surface area contributed by atoms with Gasteiger partial charge in [0, 0.05) is 80.3 Å². The molecule has 8 aromatic carbocycles. The van der Waals surface area contributed by atoms with Crippen molar-refractivity contribution >= 4 is 107 Å². The highest BCUT2D eigenvalue weighted by Crippen LogP contribution is 2.44. The van der Waals surface area contributed by atoms with Gasteiger partial charge in [-0.3, -0.25) is 15.0 Å². The van der Waals surface area contributed by atoms with Crippen molar-refractivity contribution in [1.29, 1.82) is 0 Å². The van der Waals surface area contributed by atoms with Crippen molar-refractivity contribution in [2.45, 2.75) is 0 Å². The zero-order chi connectivity index (χ0) is 45.9. The van der Waals surface area contributed by atoms with Crippen LogP contribution in [0.1, 0.15) is 0 Å². The number of pyridine rings is 3. The van der Waals surface area contributed by atoms with Crippen molar-refractivity contribution in [3.05, 3.63) is 225 Å². The van der Waals surface area contributed by atoms with Gasteiger partial charge in [-0.2, -0.15) is 0 Å². The van der Waals surface area contributed by atoms with E-state index in [1.807, 2.05) is 41.3 Å². The molecule has 5 nitrogen and oxygen atoms in total. The van der Waals surface area contributed by atoms with Gasteiger partial charge in [0.15, 0.2) is 0 Å². The SMILES string of the molecule is c1ccc(-c2ccc3sc4c(-c5cccc(-n6c7ccccc7c7cc(-c8cc9c%10ccccc%10n(-c%10cccc(-c%11cccc%12c%11sc%11ccccc%11%12)c%10)c9cn8)ncc76)c5)nccc4c3c2)cc1. The zero-order valence-electron chi connectivity index (χ0n) is 37.4. The van der Waals surface area contributed by atoms with E-state index in [9.17, 15) is 0 Å². The summed E-state index contributed by atoms with van der Waals surface area (Å²) in [5, 5.41) is 9.69. The van der Waals surface area contributed by atoms with E-state index in [1.165, 1.54) is 68.0 Å². The number of benzene rings is 8. The molecule has 0 bridgehead atoms. The van der Waals surface area contributed by atoms with E-state index >= 15 is 0 Å². The fourth-order valence-corrected chi connectivity index (χ4v) is 13.3. The molecule has 0 unspecified atom stereocenters. The van der Waals surface area contributed by atoms with Gasteiger partial charge in [0.2, 0.25) is 0 Å². The summed E-state index contributed by atoms with van der Waals surface area (Å²) in [6, 6.07) is 74.4. The number of aromatic nitrogens is 5. The Labute approximate surface area is 409 Å². The summed E-state index contributed by atoms with van der Waals surface area (Å²) in [4.78, 5) is 15.4. The van der Waals surface area contributed by atoms with E-state index in [0.717, 1.165) is 72.2 Å². The molecule has 0 fully saturated rings. The van der Waals surface area contributed by atoms with Crippen molar-refractivity contribution in [1.82, 2.24) is 24.1 Å². The maximum atomic E-state index is 5.17. The molecule has 0 saturated heterocycles. The van der Waals surface area contributed by atoms with Gasteiger partial charge in [0.05, 0.1) is 56.2 Å². The van der Waals surface area contributed by atoms with Gasteiger partial charge in [-0.25, -0.2) is 0 Å². The number of para-hydroxylation sites is 2. The number of hydrogen-bond donors (Lipinski definition) is 0. The average Bonchev–Trinajstić information content (AvgIpc) is 4.18. The number of rotatable bonds is 6. The average molecular weight is 928 g/mol. The summed E-state index contributed by atoms with van der Waals surface area (Å²) in [5.41, 5.74) is 15.1. The van der Waals surface area contributed by atoms with Gasteiger partial charge >= 0.3 is 0 Å². The highest BCUT2D eigenvalue weighted by molar-refractivity contribution is 7.26. The Morgan fingerprint density at radius 2 is 0.871 bits per heavy atom. The maximum Gasteiger partial charge on any atom is 0.0894 e. The first kappa shape index (κ1) is 39.3. The van der Waals surface area contributed by atoms with E-state index in [2.05, 4.69) is 215 Å². The van der Waals surface area contributed by atoms with Crippen LogP contribution >= 0.6 is 22.7 Å². The van der Waals surface area contributed by atoms with Crippen LogP contribution < -0.4 is 0 Å². The second-order valence-electron chi connectivity index (χ2n) is 18.0. The minimum absolute atomic E-state index is 0.831. The molecule has 0 aliphatic heterocycles.